The average molecular weight is 311 g/mol. The topological polar surface area (TPSA) is 50.1 Å². The smallest absolute Gasteiger partial charge is 0.292 e. The molecular formula is C21H13NO2. The summed E-state index contributed by atoms with van der Waals surface area (Å²) in [5.74, 6) is 0.558. The van der Waals surface area contributed by atoms with E-state index in [1.165, 1.54) is 0 Å². The molecule has 0 radical (unpaired) electrons. The van der Waals surface area contributed by atoms with Crippen LogP contribution in [0.5, 0.6) is 5.75 Å². The summed E-state index contributed by atoms with van der Waals surface area (Å²) in [6.45, 7) is 0. The van der Waals surface area contributed by atoms with E-state index in [4.69, 9.17) is 10.00 Å². The van der Waals surface area contributed by atoms with E-state index in [1.807, 2.05) is 54.6 Å². The van der Waals surface area contributed by atoms with Crippen molar-refractivity contribution in [1.29, 1.82) is 5.26 Å². The summed E-state index contributed by atoms with van der Waals surface area (Å²) in [4.78, 5) is 13.0. The summed E-state index contributed by atoms with van der Waals surface area (Å²) in [6, 6.07) is 20.9. The van der Waals surface area contributed by atoms with E-state index in [2.05, 4.69) is 0 Å². The highest BCUT2D eigenvalue weighted by Gasteiger charge is 2.25. The van der Waals surface area contributed by atoms with Gasteiger partial charge in [0, 0.05) is 11.1 Å². The maximum absolute atomic E-state index is 13.0. The third kappa shape index (κ3) is 2.26. The molecule has 0 N–H and O–H groups in total. The van der Waals surface area contributed by atoms with E-state index in [9.17, 15) is 4.79 Å². The molecule has 0 heterocycles. The zero-order valence-corrected chi connectivity index (χ0v) is 12.8. The molecule has 0 fully saturated rings. The van der Waals surface area contributed by atoms with Crippen molar-refractivity contribution < 1.29 is 9.53 Å². The minimum atomic E-state index is 0.0693. The fourth-order valence-electron chi connectivity index (χ4n) is 3.25. The lowest BCUT2D eigenvalue weighted by Gasteiger charge is -2.21. The summed E-state index contributed by atoms with van der Waals surface area (Å²) < 4.78 is 4.82. The predicted octanol–water partition coefficient (Wildman–Crippen LogP) is 4.35. The van der Waals surface area contributed by atoms with Crippen LogP contribution < -0.4 is 4.74 Å². The Hall–Kier alpha value is -3.38. The number of benzene rings is 3. The van der Waals surface area contributed by atoms with Gasteiger partial charge in [0.25, 0.3) is 6.26 Å². The summed E-state index contributed by atoms with van der Waals surface area (Å²) >= 11 is 0. The maximum atomic E-state index is 13.0. The number of carbonyl (C=O) groups excluding carboxylic acids is 1. The Morgan fingerprint density at radius 3 is 2.33 bits per heavy atom. The van der Waals surface area contributed by atoms with Crippen LogP contribution in [-0.2, 0) is 6.42 Å². The van der Waals surface area contributed by atoms with Gasteiger partial charge in [-0.05, 0) is 40.8 Å². The zero-order valence-electron chi connectivity index (χ0n) is 12.8. The van der Waals surface area contributed by atoms with Crippen LogP contribution in [0.2, 0.25) is 0 Å². The normalized spacial score (nSPS) is 12.0. The lowest BCUT2D eigenvalue weighted by molar-refractivity contribution is 0.103. The van der Waals surface area contributed by atoms with Crippen molar-refractivity contribution in [1.82, 2.24) is 0 Å². The van der Waals surface area contributed by atoms with Gasteiger partial charge in [0.05, 0.1) is 0 Å². The van der Waals surface area contributed by atoms with E-state index in [1.54, 1.807) is 18.4 Å². The SMILES string of the molecule is N#COc1ccc(-c2cccc3c2C(=O)c2ccccc2C3)cc1. The molecule has 0 saturated heterocycles. The summed E-state index contributed by atoms with van der Waals surface area (Å²) in [5, 5.41) is 8.57. The fraction of sp³-hybridized carbons (Fsp3) is 0.0476. The standard InChI is InChI=1S/C21H13NO2/c22-13-24-17-10-8-14(9-11-17)18-7-3-5-16-12-15-4-1-2-6-19(15)21(23)20(16)18/h1-11H,12H2. The molecule has 1 aliphatic rings. The molecule has 0 aliphatic heterocycles. The van der Waals surface area contributed by atoms with Gasteiger partial charge in [0.15, 0.2) is 5.78 Å². The lowest BCUT2D eigenvalue weighted by Crippen LogP contribution is -2.16. The number of ketones is 1. The van der Waals surface area contributed by atoms with Crippen LogP contribution in [-0.4, -0.2) is 5.78 Å². The Bertz CT molecular complexity index is 981. The van der Waals surface area contributed by atoms with Crippen molar-refractivity contribution in [3.05, 3.63) is 89.0 Å². The summed E-state index contributed by atoms with van der Waals surface area (Å²) in [7, 11) is 0. The van der Waals surface area contributed by atoms with Gasteiger partial charge in [0.2, 0.25) is 0 Å². The molecule has 1 aliphatic carbocycles. The number of hydrogen-bond acceptors (Lipinski definition) is 3. The average Bonchev–Trinajstić information content (AvgIpc) is 2.62. The van der Waals surface area contributed by atoms with Crippen molar-refractivity contribution >= 4 is 5.78 Å². The molecule has 0 spiro atoms. The van der Waals surface area contributed by atoms with Crippen molar-refractivity contribution in [3.63, 3.8) is 0 Å². The molecule has 114 valence electrons. The molecule has 0 saturated carbocycles. The minimum Gasteiger partial charge on any atom is -0.388 e. The summed E-state index contributed by atoms with van der Waals surface area (Å²) in [5.41, 5.74) is 5.52. The number of ether oxygens (including phenoxy) is 1. The molecular weight excluding hydrogens is 298 g/mol. The molecule has 24 heavy (non-hydrogen) atoms. The van der Waals surface area contributed by atoms with Gasteiger partial charge in [-0.1, -0.05) is 54.6 Å². The Balaban J connectivity index is 1.83. The second-order valence-corrected chi connectivity index (χ2v) is 5.72. The zero-order chi connectivity index (χ0) is 16.5. The molecule has 3 aromatic rings. The second kappa shape index (κ2) is 5.68. The van der Waals surface area contributed by atoms with Crippen LogP contribution in [0.4, 0.5) is 0 Å². The van der Waals surface area contributed by atoms with Gasteiger partial charge >= 0.3 is 0 Å². The van der Waals surface area contributed by atoms with Crippen LogP contribution in [0.3, 0.4) is 0 Å². The van der Waals surface area contributed by atoms with E-state index >= 15 is 0 Å². The first-order valence-electron chi connectivity index (χ1n) is 7.69. The molecule has 3 heteroatoms. The first-order chi connectivity index (χ1) is 11.8. The van der Waals surface area contributed by atoms with Crippen LogP contribution >= 0.6 is 0 Å². The molecule has 0 amide bonds. The maximum Gasteiger partial charge on any atom is 0.292 e. The fourth-order valence-corrected chi connectivity index (χ4v) is 3.25. The predicted molar refractivity (Wildman–Crippen MR) is 90.8 cm³/mol. The van der Waals surface area contributed by atoms with E-state index < -0.39 is 0 Å². The molecule has 0 unspecified atom stereocenters. The van der Waals surface area contributed by atoms with Crippen LogP contribution in [0, 0.1) is 11.5 Å². The third-order valence-electron chi connectivity index (χ3n) is 4.35. The number of carbonyl (C=O) groups is 1. The minimum absolute atomic E-state index is 0.0693. The number of hydrogen-bond donors (Lipinski definition) is 0. The van der Waals surface area contributed by atoms with Crippen molar-refractivity contribution in [2.75, 3.05) is 0 Å². The molecule has 3 nitrogen and oxygen atoms in total. The van der Waals surface area contributed by atoms with E-state index in [-0.39, 0.29) is 5.78 Å². The first-order valence-corrected chi connectivity index (χ1v) is 7.69. The van der Waals surface area contributed by atoms with Crippen molar-refractivity contribution in [3.8, 4) is 23.1 Å². The monoisotopic (exact) mass is 311 g/mol. The Morgan fingerprint density at radius 1 is 0.833 bits per heavy atom. The quantitative estimate of drug-likeness (QED) is 0.517. The highest BCUT2D eigenvalue weighted by molar-refractivity contribution is 6.16. The van der Waals surface area contributed by atoms with Crippen LogP contribution in [0.1, 0.15) is 27.0 Å². The second-order valence-electron chi connectivity index (χ2n) is 5.72. The van der Waals surface area contributed by atoms with Gasteiger partial charge in [-0.2, -0.15) is 0 Å². The van der Waals surface area contributed by atoms with Gasteiger partial charge < -0.3 is 4.74 Å². The number of fused-ring (bicyclic) bond motifs is 2. The van der Waals surface area contributed by atoms with Gasteiger partial charge in [-0.3, -0.25) is 4.79 Å². The molecule has 0 atom stereocenters. The molecule has 0 aromatic heterocycles. The largest absolute Gasteiger partial charge is 0.388 e. The van der Waals surface area contributed by atoms with E-state index in [0.29, 0.717) is 5.75 Å². The van der Waals surface area contributed by atoms with Crippen molar-refractivity contribution in [2.45, 2.75) is 6.42 Å². The highest BCUT2D eigenvalue weighted by atomic mass is 16.5. The Labute approximate surface area is 139 Å². The summed E-state index contributed by atoms with van der Waals surface area (Å²) in [6.07, 6.45) is 2.42. The Kier molecular flexibility index (Phi) is 3.36. The molecule has 3 aromatic carbocycles. The number of nitrogens with zero attached hydrogens (tertiary/aromatic N) is 1. The van der Waals surface area contributed by atoms with E-state index in [0.717, 1.165) is 39.8 Å². The highest BCUT2D eigenvalue weighted by Crippen LogP contribution is 2.34. The number of nitriles is 1. The van der Waals surface area contributed by atoms with Gasteiger partial charge in [-0.15, -0.1) is 5.26 Å². The third-order valence-corrected chi connectivity index (χ3v) is 4.35. The van der Waals surface area contributed by atoms with Crippen LogP contribution in [0.25, 0.3) is 11.1 Å². The molecule has 0 bridgehead atoms. The number of rotatable bonds is 2. The first kappa shape index (κ1) is 14.2. The lowest BCUT2D eigenvalue weighted by atomic mass is 9.81. The van der Waals surface area contributed by atoms with Crippen molar-refractivity contribution in [2.24, 2.45) is 0 Å². The molecule has 4 rings (SSSR count). The van der Waals surface area contributed by atoms with Gasteiger partial charge in [-0.25, -0.2) is 0 Å². The van der Waals surface area contributed by atoms with Gasteiger partial charge in [0.1, 0.15) is 5.75 Å². The Morgan fingerprint density at radius 2 is 1.54 bits per heavy atom. The van der Waals surface area contributed by atoms with Crippen LogP contribution in [0.15, 0.2) is 66.7 Å².